The summed E-state index contributed by atoms with van der Waals surface area (Å²) in [4.78, 5) is 10.7. The molecule has 0 atom stereocenters. The van der Waals surface area contributed by atoms with E-state index in [2.05, 4.69) is 5.43 Å². The van der Waals surface area contributed by atoms with Crippen molar-refractivity contribution in [1.82, 2.24) is 4.68 Å². The monoisotopic (exact) mass is 182 g/mol. The number of hydrogen-bond donors (Lipinski definition) is 2. The summed E-state index contributed by atoms with van der Waals surface area (Å²) in [5, 5.41) is 8.82. The van der Waals surface area contributed by atoms with Crippen molar-refractivity contribution in [2.24, 2.45) is 5.41 Å². The molecule has 1 aromatic rings. The van der Waals surface area contributed by atoms with Gasteiger partial charge in [0.25, 0.3) is 0 Å². The van der Waals surface area contributed by atoms with E-state index in [4.69, 9.17) is 5.11 Å². The molecule has 4 heteroatoms. The highest BCUT2D eigenvalue weighted by Crippen LogP contribution is 2.13. The summed E-state index contributed by atoms with van der Waals surface area (Å²) in [6.07, 6.45) is 3.66. The molecule has 0 aliphatic carbocycles. The molecule has 1 heterocycles. The number of carboxylic acids is 1. The molecule has 0 bridgehead atoms. The number of hydrogen-bond acceptors (Lipinski definition) is 2. The Morgan fingerprint density at radius 1 is 1.46 bits per heavy atom. The summed E-state index contributed by atoms with van der Waals surface area (Å²) >= 11 is 0. The standard InChI is InChI=1S/C9H14N2O2/c1-9(2,8(12)13)7-10-11-5-3-4-6-11/h3-6,10H,7H2,1-2H3,(H,12,13). The van der Waals surface area contributed by atoms with Gasteiger partial charge in [-0.05, 0) is 26.0 Å². The van der Waals surface area contributed by atoms with Crippen LogP contribution in [0.3, 0.4) is 0 Å². The number of nitrogens with zero attached hydrogens (tertiary/aromatic N) is 1. The quantitative estimate of drug-likeness (QED) is 0.734. The van der Waals surface area contributed by atoms with E-state index in [1.54, 1.807) is 18.5 Å². The minimum atomic E-state index is -0.799. The fourth-order valence-electron chi connectivity index (χ4n) is 0.804. The first-order valence-electron chi connectivity index (χ1n) is 4.12. The summed E-state index contributed by atoms with van der Waals surface area (Å²) in [5.41, 5.74) is 2.24. The van der Waals surface area contributed by atoms with Gasteiger partial charge in [0.2, 0.25) is 0 Å². The molecule has 0 radical (unpaired) electrons. The second kappa shape index (κ2) is 3.51. The van der Waals surface area contributed by atoms with Gasteiger partial charge in [0, 0.05) is 18.9 Å². The summed E-state index contributed by atoms with van der Waals surface area (Å²) in [7, 11) is 0. The van der Waals surface area contributed by atoms with Crippen molar-refractivity contribution >= 4 is 5.97 Å². The smallest absolute Gasteiger partial charge is 0.310 e. The van der Waals surface area contributed by atoms with Crippen LogP contribution >= 0.6 is 0 Å². The first-order valence-corrected chi connectivity index (χ1v) is 4.12. The molecule has 0 saturated heterocycles. The zero-order chi connectivity index (χ0) is 9.90. The van der Waals surface area contributed by atoms with Crippen molar-refractivity contribution in [1.29, 1.82) is 0 Å². The minimum Gasteiger partial charge on any atom is -0.481 e. The van der Waals surface area contributed by atoms with Crippen LogP contribution in [0, 0.1) is 5.41 Å². The van der Waals surface area contributed by atoms with Gasteiger partial charge < -0.3 is 10.5 Å². The highest BCUT2D eigenvalue weighted by atomic mass is 16.4. The predicted octanol–water partition coefficient (Wildman–Crippen LogP) is 1.14. The number of rotatable bonds is 4. The maximum absolute atomic E-state index is 10.7. The largest absolute Gasteiger partial charge is 0.481 e. The normalized spacial score (nSPS) is 11.2. The van der Waals surface area contributed by atoms with E-state index in [1.165, 1.54) is 0 Å². The van der Waals surface area contributed by atoms with Crippen LogP contribution in [0.5, 0.6) is 0 Å². The van der Waals surface area contributed by atoms with Gasteiger partial charge in [-0.3, -0.25) is 9.47 Å². The number of aliphatic carboxylic acids is 1. The first kappa shape index (κ1) is 9.64. The van der Waals surface area contributed by atoms with E-state index in [0.29, 0.717) is 6.54 Å². The Morgan fingerprint density at radius 3 is 2.46 bits per heavy atom. The SMILES string of the molecule is CC(C)(CNn1cccc1)C(=O)O. The topological polar surface area (TPSA) is 54.3 Å². The van der Waals surface area contributed by atoms with Gasteiger partial charge in [-0.2, -0.15) is 0 Å². The van der Waals surface area contributed by atoms with Crippen molar-refractivity contribution in [3.8, 4) is 0 Å². The van der Waals surface area contributed by atoms with Crippen LogP contribution in [-0.4, -0.2) is 22.3 Å². The average molecular weight is 182 g/mol. The van der Waals surface area contributed by atoms with Crippen LogP contribution in [0.4, 0.5) is 0 Å². The minimum absolute atomic E-state index is 0.400. The van der Waals surface area contributed by atoms with Crippen LogP contribution in [0.2, 0.25) is 0 Å². The highest BCUT2D eigenvalue weighted by molar-refractivity contribution is 5.74. The van der Waals surface area contributed by atoms with Crippen LogP contribution in [0.25, 0.3) is 0 Å². The Kier molecular flexibility index (Phi) is 2.60. The molecular weight excluding hydrogens is 168 g/mol. The average Bonchev–Trinajstić information content (AvgIpc) is 2.52. The van der Waals surface area contributed by atoms with Crippen molar-refractivity contribution in [3.05, 3.63) is 24.5 Å². The van der Waals surface area contributed by atoms with Crippen LogP contribution < -0.4 is 5.43 Å². The van der Waals surface area contributed by atoms with Gasteiger partial charge >= 0.3 is 5.97 Å². The molecule has 72 valence electrons. The maximum atomic E-state index is 10.7. The Bertz CT molecular complexity index is 278. The van der Waals surface area contributed by atoms with E-state index in [9.17, 15) is 4.79 Å². The van der Waals surface area contributed by atoms with Gasteiger partial charge in [0.15, 0.2) is 0 Å². The Labute approximate surface area is 77.2 Å². The number of nitrogens with one attached hydrogen (secondary N) is 1. The maximum Gasteiger partial charge on any atom is 0.310 e. The van der Waals surface area contributed by atoms with Crippen molar-refractivity contribution in [2.75, 3.05) is 12.0 Å². The Hall–Kier alpha value is -1.45. The van der Waals surface area contributed by atoms with Crippen LogP contribution in [-0.2, 0) is 4.79 Å². The number of carbonyl (C=O) groups is 1. The van der Waals surface area contributed by atoms with Gasteiger partial charge in [-0.25, -0.2) is 0 Å². The molecule has 2 N–H and O–H groups in total. The molecule has 13 heavy (non-hydrogen) atoms. The second-order valence-corrected chi connectivity index (χ2v) is 3.61. The third-order valence-electron chi connectivity index (χ3n) is 1.89. The van der Waals surface area contributed by atoms with E-state index in [0.717, 1.165) is 0 Å². The van der Waals surface area contributed by atoms with E-state index < -0.39 is 11.4 Å². The summed E-state index contributed by atoms with van der Waals surface area (Å²) in [6.45, 7) is 3.77. The molecule has 4 nitrogen and oxygen atoms in total. The lowest BCUT2D eigenvalue weighted by Gasteiger charge is -2.20. The van der Waals surface area contributed by atoms with Crippen molar-refractivity contribution < 1.29 is 9.90 Å². The molecule has 1 rings (SSSR count). The molecular formula is C9H14N2O2. The van der Waals surface area contributed by atoms with Gasteiger partial charge in [-0.1, -0.05) is 0 Å². The van der Waals surface area contributed by atoms with E-state index >= 15 is 0 Å². The molecule has 0 amide bonds. The first-order chi connectivity index (χ1) is 6.02. The lowest BCUT2D eigenvalue weighted by atomic mass is 9.94. The Balaban J connectivity index is 2.47. The van der Waals surface area contributed by atoms with Gasteiger partial charge in [0.05, 0.1) is 5.41 Å². The Morgan fingerprint density at radius 2 is 2.00 bits per heavy atom. The number of carboxylic acid groups (broad SMARTS) is 1. The molecule has 0 saturated carbocycles. The summed E-state index contributed by atoms with van der Waals surface area (Å²) in [6, 6.07) is 3.75. The molecule has 1 aromatic heterocycles. The zero-order valence-corrected chi connectivity index (χ0v) is 7.82. The van der Waals surface area contributed by atoms with Gasteiger partial charge in [-0.15, -0.1) is 0 Å². The van der Waals surface area contributed by atoms with E-state index in [-0.39, 0.29) is 0 Å². The molecule has 0 aliphatic heterocycles. The van der Waals surface area contributed by atoms with Crippen molar-refractivity contribution in [2.45, 2.75) is 13.8 Å². The lowest BCUT2D eigenvalue weighted by Crippen LogP contribution is -2.34. The fourth-order valence-corrected chi connectivity index (χ4v) is 0.804. The summed E-state index contributed by atoms with van der Waals surface area (Å²) < 4.78 is 1.74. The fraction of sp³-hybridized carbons (Fsp3) is 0.444. The van der Waals surface area contributed by atoms with Crippen LogP contribution in [0.1, 0.15) is 13.8 Å². The predicted molar refractivity (Wildman–Crippen MR) is 50.1 cm³/mol. The van der Waals surface area contributed by atoms with Crippen LogP contribution in [0.15, 0.2) is 24.5 Å². The molecule has 0 aromatic carbocycles. The zero-order valence-electron chi connectivity index (χ0n) is 7.82. The molecule has 0 aliphatic rings. The third-order valence-corrected chi connectivity index (χ3v) is 1.89. The number of aromatic nitrogens is 1. The molecule has 0 unspecified atom stereocenters. The van der Waals surface area contributed by atoms with Gasteiger partial charge in [0.1, 0.15) is 0 Å². The molecule has 0 fully saturated rings. The van der Waals surface area contributed by atoms with E-state index in [1.807, 2.05) is 24.5 Å². The molecule has 0 spiro atoms. The highest BCUT2D eigenvalue weighted by Gasteiger charge is 2.26. The van der Waals surface area contributed by atoms with Crippen molar-refractivity contribution in [3.63, 3.8) is 0 Å². The third kappa shape index (κ3) is 2.50. The summed E-state index contributed by atoms with van der Waals surface area (Å²) in [5.74, 6) is -0.799. The lowest BCUT2D eigenvalue weighted by molar-refractivity contribution is -0.146. The second-order valence-electron chi connectivity index (χ2n) is 3.61.